The van der Waals surface area contributed by atoms with Gasteiger partial charge in [-0.15, -0.1) is 11.3 Å². The van der Waals surface area contributed by atoms with Crippen LogP contribution < -0.4 is 5.32 Å². The molecular weight excluding hydrogens is 280 g/mol. The monoisotopic (exact) mass is 302 g/mol. The van der Waals surface area contributed by atoms with Crippen LogP contribution in [0.25, 0.3) is 10.7 Å². The Balaban J connectivity index is 1.96. The number of rotatable bonds is 7. The lowest BCUT2D eigenvalue weighted by Crippen LogP contribution is -2.45. The Morgan fingerprint density at radius 3 is 2.95 bits per heavy atom. The number of imidazole rings is 1. The van der Waals surface area contributed by atoms with Gasteiger partial charge in [0.25, 0.3) is 0 Å². The van der Waals surface area contributed by atoms with Crippen LogP contribution >= 0.6 is 11.3 Å². The molecule has 112 valence electrons. The van der Waals surface area contributed by atoms with E-state index in [9.17, 15) is 5.26 Å². The van der Waals surface area contributed by atoms with E-state index in [-0.39, 0.29) is 0 Å². The molecule has 4 nitrogen and oxygen atoms in total. The molecule has 0 radical (unpaired) electrons. The van der Waals surface area contributed by atoms with Crippen LogP contribution in [0.5, 0.6) is 0 Å². The summed E-state index contributed by atoms with van der Waals surface area (Å²) in [6.45, 7) is 6.99. The molecule has 0 spiro atoms. The van der Waals surface area contributed by atoms with Gasteiger partial charge in [-0.2, -0.15) is 5.26 Å². The largest absolute Gasteiger partial charge is 0.330 e. The summed E-state index contributed by atoms with van der Waals surface area (Å²) in [5.74, 6) is 1.01. The number of aryl methyl sites for hydroxylation is 1. The highest BCUT2D eigenvalue weighted by atomic mass is 32.1. The molecule has 21 heavy (non-hydrogen) atoms. The highest BCUT2D eigenvalue weighted by Crippen LogP contribution is 2.23. The first-order chi connectivity index (χ1) is 10.0. The molecule has 0 bridgehead atoms. The van der Waals surface area contributed by atoms with Crippen molar-refractivity contribution in [2.45, 2.75) is 51.7 Å². The second kappa shape index (κ2) is 6.88. The van der Waals surface area contributed by atoms with Gasteiger partial charge in [0.1, 0.15) is 11.4 Å². The van der Waals surface area contributed by atoms with Gasteiger partial charge in [-0.1, -0.05) is 6.07 Å². The molecule has 0 aromatic carbocycles. The van der Waals surface area contributed by atoms with E-state index >= 15 is 0 Å². The number of nitrogens with zero attached hydrogens (tertiary/aromatic N) is 3. The molecule has 2 heterocycles. The van der Waals surface area contributed by atoms with Gasteiger partial charge in [0.15, 0.2) is 0 Å². The van der Waals surface area contributed by atoms with Gasteiger partial charge in [-0.05, 0) is 45.1 Å². The number of nitriles is 1. The Labute approximate surface area is 130 Å². The fraction of sp³-hybridized carbons (Fsp3) is 0.500. The van der Waals surface area contributed by atoms with E-state index in [2.05, 4.69) is 46.2 Å². The summed E-state index contributed by atoms with van der Waals surface area (Å²) in [7, 11) is 0. The minimum absolute atomic E-state index is 0.310. The lowest BCUT2D eigenvalue weighted by Gasteiger charge is -2.26. The number of nitrogens with one attached hydrogen (secondary N) is 1. The molecule has 1 atom stereocenters. The van der Waals surface area contributed by atoms with Crippen LogP contribution in [0.1, 0.15) is 33.6 Å². The smallest absolute Gasteiger partial charge is 0.149 e. The molecule has 0 saturated carbocycles. The predicted octanol–water partition coefficient (Wildman–Crippen LogP) is 3.67. The lowest BCUT2D eigenvalue weighted by molar-refractivity contribution is 0.365. The van der Waals surface area contributed by atoms with Gasteiger partial charge in [0, 0.05) is 25.0 Å². The van der Waals surface area contributed by atoms with Crippen LogP contribution in [0, 0.1) is 11.3 Å². The number of hydrogen-bond donors (Lipinski definition) is 1. The average Bonchev–Trinajstić information content (AvgIpc) is 3.07. The molecule has 5 heteroatoms. The summed E-state index contributed by atoms with van der Waals surface area (Å²) in [6, 6.07) is 6.83. The van der Waals surface area contributed by atoms with Crippen molar-refractivity contribution in [2.24, 2.45) is 0 Å². The molecule has 0 aliphatic rings. The zero-order valence-electron chi connectivity index (χ0n) is 12.8. The van der Waals surface area contributed by atoms with E-state index in [1.165, 1.54) is 4.88 Å². The fourth-order valence-electron chi connectivity index (χ4n) is 2.52. The van der Waals surface area contributed by atoms with Crippen LogP contribution in [0.15, 0.2) is 29.9 Å². The summed E-state index contributed by atoms with van der Waals surface area (Å²) in [5, 5.41) is 14.8. The van der Waals surface area contributed by atoms with Crippen LogP contribution in [-0.4, -0.2) is 21.1 Å². The van der Waals surface area contributed by atoms with Crippen molar-refractivity contribution in [1.82, 2.24) is 14.9 Å². The van der Waals surface area contributed by atoms with Crippen molar-refractivity contribution in [3.8, 4) is 16.8 Å². The SMILES string of the molecule is CC(C)NC(C)(C#N)CCCn1ccnc1-c1cccs1. The van der Waals surface area contributed by atoms with Crippen molar-refractivity contribution < 1.29 is 0 Å². The molecular formula is C16H22N4S. The van der Waals surface area contributed by atoms with Crippen molar-refractivity contribution in [3.05, 3.63) is 29.9 Å². The standard InChI is InChI=1S/C16H22N4S/c1-13(2)19-16(3,12-17)7-5-9-20-10-8-18-15(20)14-6-4-11-21-14/h4,6,8,10-11,13,19H,5,7,9H2,1-3H3. The first-order valence-corrected chi connectivity index (χ1v) is 8.16. The van der Waals surface area contributed by atoms with Crippen LogP contribution in [-0.2, 0) is 6.54 Å². The number of thiophene rings is 1. The van der Waals surface area contributed by atoms with Crippen LogP contribution in [0.4, 0.5) is 0 Å². The normalized spacial score (nSPS) is 14.0. The Kier molecular flexibility index (Phi) is 5.16. The third kappa shape index (κ3) is 4.16. The minimum atomic E-state index is -0.460. The Morgan fingerprint density at radius 1 is 1.52 bits per heavy atom. The molecule has 2 aromatic heterocycles. The molecule has 2 rings (SSSR count). The summed E-state index contributed by atoms with van der Waals surface area (Å²) < 4.78 is 2.17. The molecule has 1 unspecified atom stereocenters. The second-order valence-corrected chi connectivity index (χ2v) is 6.72. The maximum Gasteiger partial charge on any atom is 0.149 e. The van der Waals surface area contributed by atoms with Crippen LogP contribution in [0.3, 0.4) is 0 Å². The van der Waals surface area contributed by atoms with E-state index in [1.54, 1.807) is 11.3 Å². The topological polar surface area (TPSA) is 53.6 Å². The molecule has 2 aromatic rings. The summed E-state index contributed by atoms with van der Waals surface area (Å²) in [4.78, 5) is 5.62. The number of aromatic nitrogens is 2. The zero-order chi connectivity index (χ0) is 15.3. The van der Waals surface area contributed by atoms with Gasteiger partial charge in [-0.3, -0.25) is 5.32 Å². The third-order valence-electron chi connectivity index (χ3n) is 3.39. The molecule has 0 saturated heterocycles. The van der Waals surface area contributed by atoms with Gasteiger partial charge in [0.2, 0.25) is 0 Å². The van der Waals surface area contributed by atoms with E-state index in [0.717, 1.165) is 25.2 Å². The summed E-state index contributed by atoms with van der Waals surface area (Å²) in [6.07, 6.45) is 5.61. The summed E-state index contributed by atoms with van der Waals surface area (Å²) >= 11 is 1.70. The Hall–Kier alpha value is -1.64. The molecule has 0 fully saturated rings. The van der Waals surface area contributed by atoms with E-state index in [1.807, 2.05) is 25.4 Å². The maximum absolute atomic E-state index is 9.37. The van der Waals surface area contributed by atoms with Crippen molar-refractivity contribution in [3.63, 3.8) is 0 Å². The van der Waals surface area contributed by atoms with Crippen LogP contribution in [0.2, 0.25) is 0 Å². The van der Waals surface area contributed by atoms with Crippen molar-refractivity contribution in [1.29, 1.82) is 5.26 Å². The van der Waals surface area contributed by atoms with Crippen molar-refractivity contribution >= 4 is 11.3 Å². The van der Waals surface area contributed by atoms with Gasteiger partial charge in [0.05, 0.1) is 10.9 Å². The molecule has 0 amide bonds. The van der Waals surface area contributed by atoms with E-state index < -0.39 is 5.54 Å². The quantitative estimate of drug-likeness (QED) is 0.849. The minimum Gasteiger partial charge on any atom is -0.330 e. The van der Waals surface area contributed by atoms with E-state index in [0.29, 0.717) is 6.04 Å². The van der Waals surface area contributed by atoms with E-state index in [4.69, 9.17) is 0 Å². The maximum atomic E-state index is 9.37. The first kappa shape index (κ1) is 15.7. The Morgan fingerprint density at radius 2 is 2.33 bits per heavy atom. The average molecular weight is 302 g/mol. The molecule has 0 aliphatic heterocycles. The van der Waals surface area contributed by atoms with Gasteiger partial charge in [-0.25, -0.2) is 4.98 Å². The predicted molar refractivity (Wildman–Crippen MR) is 87.1 cm³/mol. The summed E-state index contributed by atoms with van der Waals surface area (Å²) in [5.41, 5.74) is -0.460. The molecule has 1 N–H and O–H groups in total. The second-order valence-electron chi connectivity index (χ2n) is 5.77. The fourth-order valence-corrected chi connectivity index (χ4v) is 3.26. The lowest BCUT2D eigenvalue weighted by atomic mass is 9.96. The third-order valence-corrected chi connectivity index (χ3v) is 4.25. The zero-order valence-corrected chi connectivity index (χ0v) is 13.7. The van der Waals surface area contributed by atoms with Gasteiger partial charge >= 0.3 is 0 Å². The Bertz CT molecular complexity index is 594. The highest BCUT2D eigenvalue weighted by Gasteiger charge is 2.23. The number of hydrogen-bond acceptors (Lipinski definition) is 4. The first-order valence-electron chi connectivity index (χ1n) is 7.28. The molecule has 0 aliphatic carbocycles. The van der Waals surface area contributed by atoms with Crippen molar-refractivity contribution in [2.75, 3.05) is 0 Å². The van der Waals surface area contributed by atoms with Gasteiger partial charge < -0.3 is 4.57 Å². The highest BCUT2D eigenvalue weighted by molar-refractivity contribution is 7.13.